The first kappa shape index (κ1) is 11.1. The van der Waals surface area contributed by atoms with E-state index >= 15 is 0 Å². The summed E-state index contributed by atoms with van der Waals surface area (Å²) in [5.41, 5.74) is 7.37. The number of hydrogen-bond donors (Lipinski definition) is 1. The van der Waals surface area contributed by atoms with Gasteiger partial charge in [0.1, 0.15) is 0 Å². The molecule has 1 fully saturated rings. The fourth-order valence-corrected chi connectivity index (χ4v) is 4.87. The summed E-state index contributed by atoms with van der Waals surface area (Å²) in [4.78, 5) is 0. The normalized spacial score (nSPS) is 19.1. The van der Waals surface area contributed by atoms with Gasteiger partial charge in [-0.15, -0.1) is 0 Å². The molecule has 2 N–H and O–H groups in total. The van der Waals surface area contributed by atoms with E-state index in [1.165, 1.54) is 12.0 Å². The minimum Gasteiger partial charge on any atom is -0.321 e. The van der Waals surface area contributed by atoms with Gasteiger partial charge in [-0.05, 0) is 31.4 Å². The highest BCUT2D eigenvalue weighted by atomic mass is 79.9. The number of halogens is 3. The Kier molecular flexibility index (Phi) is 3.09. The van der Waals surface area contributed by atoms with Crippen molar-refractivity contribution in [1.82, 2.24) is 0 Å². The van der Waals surface area contributed by atoms with Crippen LogP contribution in [0, 0.1) is 0 Å². The SMILES string of the molecule is NC1(c2c(Br)cc(Br)cc2Br)CCC1. The van der Waals surface area contributed by atoms with Crippen LogP contribution >= 0.6 is 47.8 Å². The molecule has 0 saturated heterocycles. The smallest absolute Gasteiger partial charge is 0.0432 e. The summed E-state index contributed by atoms with van der Waals surface area (Å²) < 4.78 is 3.23. The van der Waals surface area contributed by atoms with Crippen LogP contribution in [0.15, 0.2) is 25.6 Å². The zero-order valence-electron chi connectivity index (χ0n) is 7.49. The van der Waals surface area contributed by atoms with E-state index < -0.39 is 0 Å². The molecule has 0 aliphatic heterocycles. The van der Waals surface area contributed by atoms with Crippen LogP contribution < -0.4 is 5.73 Å². The van der Waals surface area contributed by atoms with Gasteiger partial charge in [-0.25, -0.2) is 0 Å². The molecule has 0 spiro atoms. The summed E-state index contributed by atoms with van der Waals surface area (Å²) in [5.74, 6) is 0. The van der Waals surface area contributed by atoms with E-state index in [9.17, 15) is 0 Å². The zero-order valence-corrected chi connectivity index (χ0v) is 12.2. The van der Waals surface area contributed by atoms with Gasteiger partial charge in [0, 0.05) is 24.5 Å². The molecule has 0 heterocycles. The van der Waals surface area contributed by atoms with Crippen LogP contribution in [-0.2, 0) is 5.54 Å². The fourth-order valence-electron chi connectivity index (χ4n) is 1.83. The van der Waals surface area contributed by atoms with E-state index in [-0.39, 0.29) is 5.54 Å². The molecule has 0 radical (unpaired) electrons. The zero-order chi connectivity index (χ0) is 10.3. The molecule has 0 aromatic heterocycles. The highest BCUT2D eigenvalue weighted by Crippen LogP contribution is 2.45. The molecule has 0 unspecified atom stereocenters. The molecular weight excluding hydrogens is 374 g/mol. The van der Waals surface area contributed by atoms with Gasteiger partial charge >= 0.3 is 0 Å². The van der Waals surface area contributed by atoms with Gasteiger partial charge in [0.15, 0.2) is 0 Å². The molecule has 1 aliphatic carbocycles. The van der Waals surface area contributed by atoms with E-state index in [0.717, 1.165) is 26.3 Å². The van der Waals surface area contributed by atoms with Crippen molar-refractivity contribution in [3.8, 4) is 0 Å². The summed E-state index contributed by atoms with van der Waals surface area (Å²) in [6, 6.07) is 4.10. The lowest BCUT2D eigenvalue weighted by molar-refractivity contribution is 0.251. The van der Waals surface area contributed by atoms with Gasteiger partial charge in [-0.1, -0.05) is 47.8 Å². The van der Waals surface area contributed by atoms with Crippen molar-refractivity contribution in [3.05, 3.63) is 31.1 Å². The molecule has 1 aliphatic rings. The van der Waals surface area contributed by atoms with Crippen LogP contribution in [0.4, 0.5) is 0 Å². The average molecular weight is 384 g/mol. The highest BCUT2D eigenvalue weighted by Gasteiger charge is 2.37. The van der Waals surface area contributed by atoms with Crippen LogP contribution in [0.3, 0.4) is 0 Å². The van der Waals surface area contributed by atoms with Crippen molar-refractivity contribution in [3.63, 3.8) is 0 Å². The van der Waals surface area contributed by atoms with E-state index in [1.807, 2.05) is 12.1 Å². The van der Waals surface area contributed by atoms with Gasteiger partial charge in [-0.3, -0.25) is 0 Å². The lowest BCUT2D eigenvalue weighted by Crippen LogP contribution is -2.43. The number of nitrogens with two attached hydrogens (primary N) is 1. The molecule has 0 amide bonds. The summed E-state index contributed by atoms with van der Waals surface area (Å²) in [7, 11) is 0. The molecule has 4 heteroatoms. The fraction of sp³-hybridized carbons (Fsp3) is 0.400. The number of hydrogen-bond acceptors (Lipinski definition) is 1. The second kappa shape index (κ2) is 3.89. The summed E-state index contributed by atoms with van der Waals surface area (Å²) >= 11 is 10.6. The monoisotopic (exact) mass is 381 g/mol. The minimum absolute atomic E-state index is 0.127. The van der Waals surface area contributed by atoms with Crippen molar-refractivity contribution in [2.24, 2.45) is 5.73 Å². The molecule has 2 rings (SSSR count). The number of benzene rings is 1. The van der Waals surface area contributed by atoms with Crippen LogP contribution in [0.2, 0.25) is 0 Å². The van der Waals surface area contributed by atoms with Crippen LogP contribution in [0.1, 0.15) is 24.8 Å². The molecule has 1 aromatic rings. The minimum atomic E-state index is -0.127. The first-order valence-electron chi connectivity index (χ1n) is 4.47. The third-order valence-electron chi connectivity index (χ3n) is 2.75. The second-order valence-corrected chi connectivity index (χ2v) is 6.38. The van der Waals surface area contributed by atoms with Gasteiger partial charge in [0.25, 0.3) is 0 Å². The lowest BCUT2D eigenvalue weighted by Gasteiger charge is -2.40. The Morgan fingerprint density at radius 3 is 1.93 bits per heavy atom. The molecule has 1 nitrogen and oxygen atoms in total. The first-order chi connectivity index (χ1) is 6.53. The predicted octanol–water partition coefficient (Wildman–Crippen LogP) is 4.31. The van der Waals surface area contributed by atoms with Crippen molar-refractivity contribution in [2.45, 2.75) is 24.8 Å². The number of rotatable bonds is 1. The summed E-state index contributed by atoms with van der Waals surface area (Å²) in [5, 5.41) is 0. The Labute approximate surface area is 109 Å². The van der Waals surface area contributed by atoms with E-state index in [2.05, 4.69) is 47.8 Å². The van der Waals surface area contributed by atoms with E-state index in [4.69, 9.17) is 5.73 Å². The van der Waals surface area contributed by atoms with Crippen molar-refractivity contribution >= 4 is 47.8 Å². The molecule has 1 saturated carbocycles. The van der Waals surface area contributed by atoms with Crippen LogP contribution in [-0.4, -0.2) is 0 Å². The Bertz CT molecular complexity index is 349. The highest BCUT2D eigenvalue weighted by molar-refractivity contribution is 9.11. The largest absolute Gasteiger partial charge is 0.321 e. The summed E-state index contributed by atoms with van der Waals surface area (Å²) in [6.07, 6.45) is 3.38. The summed E-state index contributed by atoms with van der Waals surface area (Å²) in [6.45, 7) is 0. The average Bonchev–Trinajstić information content (AvgIpc) is 1.99. The third-order valence-corrected chi connectivity index (χ3v) is 4.46. The topological polar surface area (TPSA) is 26.0 Å². The van der Waals surface area contributed by atoms with Crippen molar-refractivity contribution in [1.29, 1.82) is 0 Å². The Hall–Kier alpha value is 0.620. The standard InChI is InChI=1S/C10H10Br3N/c11-6-4-7(12)9(8(13)5-6)10(14)2-1-3-10/h4-5H,1-3,14H2. The molecule has 0 bridgehead atoms. The van der Waals surface area contributed by atoms with Gasteiger partial charge in [0.2, 0.25) is 0 Å². The quantitative estimate of drug-likeness (QED) is 0.768. The second-order valence-electron chi connectivity index (χ2n) is 3.75. The third kappa shape index (κ3) is 1.82. The molecule has 76 valence electrons. The molecular formula is C10H10Br3N. The maximum Gasteiger partial charge on any atom is 0.0432 e. The maximum absolute atomic E-state index is 6.30. The van der Waals surface area contributed by atoms with Crippen LogP contribution in [0.5, 0.6) is 0 Å². The predicted molar refractivity (Wildman–Crippen MR) is 69.3 cm³/mol. The van der Waals surface area contributed by atoms with E-state index in [0.29, 0.717) is 0 Å². The Morgan fingerprint density at radius 1 is 1.07 bits per heavy atom. The van der Waals surface area contributed by atoms with Gasteiger partial charge < -0.3 is 5.73 Å². The molecule has 1 aromatic carbocycles. The van der Waals surface area contributed by atoms with E-state index in [1.54, 1.807) is 0 Å². The first-order valence-corrected chi connectivity index (χ1v) is 6.85. The molecule has 14 heavy (non-hydrogen) atoms. The Balaban J connectivity index is 2.52. The van der Waals surface area contributed by atoms with Crippen LogP contribution in [0.25, 0.3) is 0 Å². The van der Waals surface area contributed by atoms with Gasteiger partial charge in [0.05, 0.1) is 0 Å². The maximum atomic E-state index is 6.30. The molecule has 0 atom stereocenters. The van der Waals surface area contributed by atoms with Gasteiger partial charge in [-0.2, -0.15) is 0 Å². The lowest BCUT2D eigenvalue weighted by atomic mass is 9.73. The Morgan fingerprint density at radius 2 is 1.57 bits per heavy atom. The van der Waals surface area contributed by atoms with Crippen molar-refractivity contribution < 1.29 is 0 Å². The van der Waals surface area contributed by atoms with Crippen molar-refractivity contribution in [2.75, 3.05) is 0 Å².